The van der Waals surface area contributed by atoms with Crippen molar-refractivity contribution >= 4 is 5.78 Å². The van der Waals surface area contributed by atoms with Crippen LogP contribution in [0.3, 0.4) is 0 Å². The number of rotatable bonds is 4. The topological polar surface area (TPSA) is 29.1 Å². The van der Waals surface area contributed by atoms with E-state index in [0.717, 1.165) is 23.2 Å². The van der Waals surface area contributed by atoms with Gasteiger partial charge in [0.05, 0.1) is 0 Å². The molecule has 0 aliphatic rings. The predicted molar refractivity (Wildman–Crippen MR) is 72.6 cm³/mol. The molecule has 2 nitrogen and oxygen atoms in total. The Morgan fingerprint density at radius 1 is 1.12 bits per heavy atom. The summed E-state index contributed by atoms with van der Waals surface area (Å²) in [6.07, 6.45) is 0.556. The maximum absolute atomic E-state index is 12.0. The molecule has 1 aromatic rings. The van der Waals surface area contributed by atoms with Gasteiger partial charge in [-0.15, -0.1) is 0 Å². The van der Waals surface area contributed by atoms with Crippen molar-refractivity contribution in [2.75, 3.05) is 6.54 Å². The maximum atomic E-state index is 12.0. The van der Waals surface area contributed by atoms with E-state index in [4.69, 9.17) is 0 Å². The second-order valence-electron chi connectivity index (χ2n) is 5.73. The summed E-state index contributed by atoms with van der Waals surface area (Å²) in [5.41, 5.74) is 3.20. The lowest BCUT2D eigenvalue weighted by atomic mass is 10.0. The van der Waals surface area contributed by atoms with Gasteiger partial charge in [0.1, 0.15) is 0 Å². The minimum absolute atomic E-state index is 0.0722. The lowest BCUT2D eigenvalue weighted by molar-refractivity contribution is 0.0980. The highest BCUT2D eigenvalue weighted by molar-refractivity contribution is 5.96. The van der Waals surface area contributed by atoms with Crippen molar-refractivity contribution < 1.29 is 4.79 Å². The highest BCUT2D eigenvalue weighted by atomic mass is 16.1. The molecule has 1 rings (SSSR count). The van der Waals surface area contributed by atoms with Crippen LogP contribution >= 0.6 is 0 Å². The Labute approximate surface area is 104 Å². The number of carbonyl (C=O) groups excluding carboxylic acids is 1. The summed E-state index contributed by atoms with van der Waals surface area (Å²) in [5.74, 6) is 0.216. The van der Waals surface area contributed by atoms with Gasteiger partial charge in [0.15, 0.2) is 5.78 Å². The zero-order valence-corrected chi connectivity index (χ0v) is 11.6. The van der Waals surface area contributed by atoms with E-state index in [9.17, 15) is 4.79 Å². The SMILES string of the molecule is Cc1cc(C)cc(C(=O)CCNC(C)(C)C)c1. The molecule has 0 saturated heterocycles. The maximum Gasteiger partial charge on any atom is 0.164 e. The van der Waals surface area contributed by atoms with Crippen molar-refractivity contribution in [1.29, 1.82) is 0 Å². The molecular weight excluding hydrogens is 210 g/mol. The lowest BCUT2D eigenvalue weighted by Gasteiger charge is -2.20. The number of hydrogen-bond acceptors (Lipinski definition) is 2. The zero-order valence-electron chi connectivity index (χ0n) is 11.6. The molecular formula is C15H23NO. The molecule has 17 heavy (non-hydrogen) atoms. The molecule has 0 fully saturated rings. The minimum atomic E-state index is 0.0722. The van der Waals surface area contributed by atoms with Crippen LogP contribution in [-0.2, 0) is 0 Å². The smallest absolute Gasteiger partial charge is 0.164 e. The molecule has 0 unspecified atom stereocenters. The summed E-state index contributed by atoms with van der Waals surface area (Å²) in [6, 6.07) is 6.02. The van der Waals surface area contributed by atoms with Crippen LogP contribution < -0.4 is 5.32 Å². The summed E-state index contributed by atoms with van der Waals surface area (Å²) < 4.78 is 0. The summed E-state index contributed by atoms with van der Waals surface area (Å²) in [5, 5.41) is 3.33. The highest BCUT2D eigenvalue weighted by Crippen LogP contribution is 2.11. The van der Waals surface area contributed by atoms with E-state index in [-0.39, 0.29) is 11.3 Å². The number of ketones is 1. The number of aryl methyl sites for hydroxylation is 2. The first-order chi connectivity index (χ1) is 7.78. The molecule has 0 amide bonds. The van der Waals surface area contributed by atoms with Gasteiger partial charge in [-0.2, -0.15) is 0 Å². The molecule has 0 saturated carbocycles. The van der Waals surface area contributed by atoms with Gasteiger partial charge in [-0.1, -0.05) is 17.2 Å². The average Bonchev–Trinajstić information content (AvgIpc) is 2.13. The van der Waals surface area contributed by atoms with Gasteiger partial charge in [-0.25, -0.2) is 0 Å². The first kappa shape index (κ1) is 13.9. The lowest BCUT2D eigenvalue weighted by Crippen LogP contribution is -2.37. The fraction of sp³-hybridized carbons (Fsp3) is 0.533. The van der Waals surface area contributed by atoms with Gasteiger partial charge in [0.25, 0.3) is 0 Å². The van der Waals surface area contributed by atoms with Crippen LogP contribution in [0.5, 0.6) is 0 Å². The first-order valence-electron chi connectivity index (χ1n) is 6.14. The normalized spacial score (nSPS) is 11.6. The Balaban J connectivity index is 2.58. The molecule has 1 N–H and O–H groups in total. The van der Waals surface area contributed by atoms with E-state index < -0.39 is 0 Å². The Bertz CT molecular complexity index is 382. The fourth-order valence-corrected chi connectivity index (χ4v) is 1.83. The third kappa shape index (κ3) is 5.14. The van der Waals surface area contributed by atoms with Crippen molar-refractivity contribution in [3.05, 3.63) is 34.9 Å². The fourth-order valence-electron chi connectivity index (χ4n) is 1.83. The Morgan fingerprint density at radius 3 is 2.12 bits per heavy atom. The van der Waals surface area contributed by atoms with Crippen molar-refractivity contribution in [2.45, 2.75) is 46.6 Å². The van der Waals surface area contributed by atoms with Crippen LogP contribution in [0.2, 0.25) is 0 Å². The number of carbonyl (C=O) groups is 1. The van der Waals surface area contributed by atoms with Gasteiger partial charge in [-0.05, 0) is 46.8 Å². The second kappa shape index (κ2) is 5.46. The van der Waals surface area contributed by atoms with E-state index in [0.29, 0.717) is 6.42 Å². The first-order valence-corrected chi connectivity index (χ1v) is 6.14. The van der Waals surface area contributed by atoms with Crippen LogP contribution in [0.4, 0.5) is 0 Å². The minimum Gasteiger partial charge on any atom is -0.312 e. The Hall–Kier alpha value is -1.15. The van der Waals surface area contributed by atoms with Gasteiger partial charge in [0.2, 0.25) is 0 Å². The van der Waals surface area contributed by atoms with Crippen molar-refractivity contribution in [3.8, 4) is 0 Å². The Kier molecular flexibility index (Phi) is 4.47. The van der Waals surface area contributed by atoms with Crippen molar-refractivity contribution in [2.24, 2.45) is 0 Å². The summed E-state index contributed by atoms with van der Waals surface area (Å²) in [7, 11) is 0. The third-order valence-corrected chi connectivity index (χ3v) is 2.55. The Morgan fingerprint density at radius 2 is 1.65 bits per heavy atom. The number of hydrogen-bond donors (Lipinski definition) is 1. The molecule has 0 heterocycles. The number of benzene rings is 1. The van der Waals surface area contributed by atoms with Gasteiger partial charge in [-0.3, -0.25) is 4.79 Å². The van der Waals surface area contributed by atoms with E-state index >= 15 is 0 Å². The summed E-state index contributed by atoms with van der Waals surface area (Å²) in [6.45, 7) is 11.1. The predicted octanol–water partition coefficient (Wildman–Crippen LogP) is 3.26. The molecule has 0 radical (unpaired) electrons. The largest absolute Gasteiger partial charge is 0.312 e. The standard InChI is InChI=1S/C15H23NO/c1-11-8-12(2)10-13(9-11)14(17)6-7-16-15(3,4)5/h8-10,16H,6-7H2,1-5H3. The molecule has 94 valence electrons. The molecule has 0 spiro atoms. The van der Waals surface area contributed by atoms with Crippen LogP contribution in [0.25, 0.3) is 0 Å². The summed E-state index contributed by atoms with van der Waals surface area (Å²) in [4.78, 5) is 12.0. The van der Waals surface area contributed by atoms with Gasteiger partial charge in [0, 0.05) is 24.1 Å². The average molecular weight is 233 g/mol. The molecule has 2 heteroatoms. The highest BCUT2D eigenvalue weighted by Gasteiger charge is 2.11. The van der Waals surface area contributed by atoms with E-state index in [2.05, 4.69) is 32.2 Å². The molecule has 1 aromatic carbocycles. The van der Waals surface area contributed by atoms with E-state index in [1.807, 2.05) is 26.0 Å². The molecule has 0 aromatic heterocycles. The van der Waals surface area contributed by atoms with E-state index in [1.54, 1.807) is 0 Å². The monoisotopic (exact) mass is 233 g/mol. The molecule has 0 bridgehead atoms. The van der Waals surface area contributed by atoms with Crippen LogP contribution in [-0.4, -0.2) is 17.9 Å². The molecule has 0 atom stereocenters. The number of nitrogens with one attached hydrogen (secondary N) is 1. The third-order valence-electron chi connectivity index (χ3n) is 2.55. The quantitative estimate of drug-likeness (QED) is 0.809. The van der Waals surface area contributed by atoms with Crippen LogP contribution in [0, 0.1) is 13.8 Å². The van der Waals surface area contributed by atoms with Gasteiger partial charge >= 0.3 is 0 Å². The van der Waals surface area contributed by atoms with Crippen LogP contribution in [0.1, 0.15) is 48.7 Å². The summed E-state index contributed by atoms with van der Waals surface area (Å²) >= 11 is 0. The number of Topliss-reactive ketones (excluding diaryl/α,β-unsaturated/α-hetero) is 1. The second-order valence-corrected chi connectivity index (χ2v) is 5.73. The van der Waals surface area contributed by atoms with Gasteiger partial charge < -0.3 is 5.32 Å². The van der Waals surface area contributed by atoms with Crippen LogP contribution in [0.15, 0.2) is 18.2 Å². The molecule has 0 aliphatic carbocycles. The van der Waals surface area contributed by atoms with Crippen molar-refractivity contribution in [1.82, 2.24) is 5.32 Å². The van der Waals surface area contributed by atoms with E-state index in [1.165, 1.54) is 0 Å². The molecule has 0 aliphatic heterocycles. The zero-order chi connectivity index (χ0) is 13.1. The van der Waals surface area contributed by atoms with Crippen molar-refractivity contribution in [3.63, 3.8) is 0 Å².